The number of anilines is 1. The van der Waals surface area contributed by atoms with Crippen LogP contribution in [-0.4, -0.2) is 65.6 Å². The fourth-order valence-electron chi connectivity index (χ4n) is 3.69. The average Bonchev–Trinajstić information content (AvgIpc) is 2.99. The minimum absolute atomic E-state index is 0.0180. The fourth-order valence-corrected chi connectivity index (χ4v) is 3.69. The maximum Gasteiger partial charge on any atom is 0.331 e. The summed E-state index contributed by atoms with van der Waals surface area (Å²) in [7, 11) is 1.70. The molecule has 7 nitrogen and oxygen atoms in total. The third kappa shape index (κ3) is 4.67. The molecule has 0 aliphatic carbocycles. The van der Waals surface area contributed by atoms with Gasteiger partial charge in [0.15, 0.2) is 0 Å². The van der Waals surface area contributed by atoms with Gasteiger partial charge in [-0.25, -0.2) is 9.18 Å². The predicted octanol–water partition coefficient (Wildman–Crippen LogP) is 1.94. The van der Waals surface area contributed by atoms with Crippen LogP contribution in [0, 0.1) is 0 Å². The molecule has 0 unspecified atom stereocenters. The molecule has 1 fully saturated rings. The summed E-state index contributed by atoms with van der Waals surface area (Å²) >= 11 is 0. The van der Waals surface area contributed by atoms with Crippen LogP contribution in [0.5, 0.6) is 11.6 Å². The van der Waals surface area contributed by atoms with Crippen molar-refractivity contribution in [3.63, 3.8) is 0 Å². The SMILES string of the molecule is COc1ccccc1N1CCN(CCCCn2c(O)cn(CC[18F])c2=O)CC1. The summed E-state index contributed by atoms with van der Waals surface area (Å²) in [4.78, 5) is 16.8. The van der Waals surface area contributed by atoms with E-state index in [4.69, 9.17) is 4.74 Å². The number of nitrogens with zero attached hydrogens (tertiary/aromatic N) is 4. The molecule has 1 aromatic heterocycles. The number of aromatic hydroxyl groups is 1. The Hall–Kier alpha value is -2.48. The molecule has 2 heterocycles. The number of hydrogen-bond acceptors (Lipinski definition) is 5. The molecule has 0 bridgehead atoms. The highest BCUT2D eigenvalue weighted by molar-refractivity contribution is 5.58. The number of methoxy groups -OCH3 is 1. The monoisotopic (exact) mass is 391 g/mol. The Morgan fingerprint density at radius 1 is 1.07 bits per heavy atom. The van der Waals surface area contributed by atoms with E-state index in [1.165, 1.54) is 15.3 Å². The summed E-state index contributed by atoms with van der Waals surface area (Å²) < 4.78 is 20.4. The summed E-state index contributed by atoms with van der Waals surface area (Å²) in [6.45, 7) is 4.64. The van der Waals surface area contributed by atoms with Gasteiger partial charge in [0.25, 0.3) is 0 Å². The Morgan fingerprint density at radius 3 is 2.50 bits per heavy atom. The molecule has 0 spiro atoms. The Bertz CT molecular complexity index is 812. The highest BCUT2D eigenvalue weighted by Crippen LogP contribution is 2.28. The van der Waals surface area contributed by atoms with Crippen molar-refractivity contribution in [1.82, 2.24) is 14.0 Å². The Morgan fingerprint density at radius 2 is 1.79 bits per heavy atom. The first-order chi connectivity index (χ1) is 13.6. The third-order valence-corrected chi connectivity index (χ3v) is 5.25. The summed E-state index contributed by atoms with van der Waals surface area (Å²) in [6.07, 6.45) is 3.04. The topological polar surface area (TPSA) is 62.9 Å². The van der Waals surface area contributed by atoms with Gasteiger partial charge in [-0.05, 0) is 31.5 Å². The summed E-state index contributed by atoms with van der Waals surface area (Å²) in [5.74, 6) is 0.810. The number of rotatable bonds is 9. The number of benzene rings is 1. The number of imidazole rings is 1. The van der Waals surface area contributed by atoms with Gasteiger partial charge in [-0.15, -0.1) is 0 Å². The van der Waals surface area contributed by atoms with Crippen LogP contribution in [0.1, 0.15) is 12.8 Å². The Kier molecular flexibility index (Phi) is 6.97. The number of alkyl halides is 1. The van der Waals surface area contributed by atoms with Crippen molar-refractivity contribution in [2.75, 3.05) is 51.4 Å². The Balaban J connectivity index is 1.42. The maximum absolute atomic E-state index is 12.4. The average molecular weight is 391 g/mol. The zero-order valence-corrected chi connectivity index (χ0v) is 16.4. The highest BCUT2D eigenvalue weighted by atomic mass is 18.2. The molecule has 1 N–H and O–H groups in total. The highest BCUT2D eigenvalue weighted by Gasteiger charge is 2.19. The van der Waals surface area contributed by atoms with Gasteiger partial charge in [0.2, 0.25) is 5.88 Å². The van der Waals surface area contributed by atoms with Gasteiger partial charge in [-0.1, -0.05) is 12.1 Å². The number of halogens is 1. The van der Waals surface area contributed by atoms with Crippen LogP contribution in [0.4, 0.5) is 10.1 Å². The van der Waals surface area contributed by atoms with Gasteiger partial charge in [0.05, 0.1) is 25.5 Å². The molecule has 0 saturated carbocycles. The first kappa shape index (κ1) is 20.3. The quantitative estimate of drug-likeness (QED) is 0.662. The van der Waals surface area contributed by atoms with E-state index in [2.05, 4.69) is 15.9 Å². The van der Waals surface area contributed by atoms with Gasteiger partial charge >= 0.3 is 5.69 Å². The zero-order valence-electron chi connectivity index (χ0n) is 16.4. The van der Waals surface area contributed by atoms with Crippen LogP contribution < -0.4 is 15.3 Å². The van der Waals surface area contributed by atoms with Gasteiger partial charge in [-0.3, -0.25) is 14.0 Å². The molecule has 154 valence electrons. The second-order valence-corrected chi connectivity index (χ2v) is 7.01. The van der Waals surface area contributed by atoms with Crippen LogP contribution in [0.3, 0.4) is 0 Å². The van der Waals surface area contributed by atoms with Crippen LogP contribution in [0.15, 0.2) is 35.3 Å². The van der Waals surface area contributed by atoms with Gasteiger partial charge in [0.1, 0.15) is 12.4 Å². The summed E-state index contributed by atoms with van der Waals surface area (Å²) in [5.41, 5.74) is 0.790. The molecule has 3 rings (SSSR count). The zero-order chi connectivity index (χ0) is 19.9. The molecule has 0 amide bonds. The third-order valence-electron chi connectivity index (χ3n) is 5.25. The smallest absolute Gasteiger partial charge is 0.331 e. The van der Waals surface area contributed by atoms with Crippen molar-refractivity contribution in [3.05, 3.63) is 40.9 Å². The second-order valence-electron chi connectivity index (χ2n) is 7.01. The maximum atomic E-state index is 12.4. The number of para-hydroxylation sites is 2. The van der Waals surface area contributed by atoms with Crippen LogP contribution >= 0.6 is 0 Å². The second kappa shape index (κ2) is 9.64. The van der Waals surface area contributed by atoms with E-state index in [-0.39, 0.29) is 18.1 Å². The van der Waals surface area contributed by atoms with Crippen LogP contribution in [0.25, 0.3) is 0 Å². The molecule has 1 saturated heterocycles. The van der Waals surface area contributed by atoms with E-state index in [0.717, 1.165) is 57.0 Å². The number of unbranched alkanes of at least 4 members (excludes halogenated alkanes) is 1. The number of hydrogen-bond donors (Lipinski definition) is 1. The van der Waals surface area contributed by atoms with E-state index < -0.39 is 6.67 Å². The van der Waals surface area contributed by atoms with Crippen molar-refractivity contribution in [3.8, 4) is 11.6 Å². The molecule has 0 atom stereocenters. The minimum Gasteiger partial charge on any atom is -0.495 e. The van der Waals surface area contributed by atoms with Crippen molar-refractivity contribution >= 4 is 5.69 Å². The van der Waals surface area contributed by atoms with E-state index in [0.29, 0.717) is 6.54 Å². The first-order valence-corrected chi connectivity index (χ1v) is 9.79. The van der Waals surface area contributed by atoms with Crippen molar-refractivity contribution in [2.45, 2.75) is 25.9 Å². The summed E-state index contributed by atoms with van der Waals surface area (Å²) in [6, 6.07) is 8.09. The van der Waals surface area contributed by atoms with E-state index in [1.54, 1.807) is 7.11 Å². The van der Waals surface area contributed by atoms with Crippen LogP contribution in [-0.2, 0) is 13.1 Å². The lowest BCUT2D eigenvalue weighted by molar-refractivity contribution is 0.249. The lowest BCUT2D eigenvalue weighted by Gasteiger charge is -2.36. The number of piperazine rings is 1. The first-order valence-electron chi connectivity index (χ1n) is 9.79. The van der Waals surface area contributed by atoms with Gasteiger partial charge in [0, 0.05) is 32.7 Å². The molecule has 1 aliphatic heterocycles. The molecule has 1 aliphatic rings. The standard InChI is InChI=1S/C20H29FN4O3/c1-28-18-7-3-2-6-17(18)23-14-12-22(13-15-23)9-4-5-10-25-19(26)16-24(11-8-21)20(25)27/h2-3,6-7,16,26H,4-5,8-15H2,1H3/i21-1. The molecule has 8 heteroatoms. The van der Waals surface area contributed by atoms with Crippen molar-refractivity contribution in [2.24, 2.45) is 0 Å². The molecular formula is C20H29FN4O3. The van der Waals surface area contributed by atoms with Crippen LogP contribution in [0.2, 0.25) is 0 Å². The van der Waals surface area contributed by atoms with Crippen molar-refractivity contribution in [1.29, 1.82) is 0 Å². The van der Waals surface area contributed by atoms with Crippen molar-refractivity contribution < 1.29 is 14.2 Å². The normalized spacial score (nSPS) is 15.1. The molecule has 2 aromatic rings. The number of aryl methyl sites for hydroxylation is 1. The summed E-state index contributed by atoms with van der Waals surface area (Å²) in [5, 5.41) is 9.86. The molecular weight excluding hydrogens is 362 g/mol. The lowest BCUT2D eigenvalue weighted by Crippen LogP contribution is -2.46. The van der Waals surface area contributed by atoms with E-state index in [9.17, 15) is 14.3 Å². The molecule has 1 aromatic carbocycles. The predicted molar refractivity (Wildman–Crippen MR) is 107 cm³/mol. The van der Waals surface area contributed by atoms with E-state index >= 15 is 0 Å². The van der Waals surface area contributed by atoms with Gasteiger partial charge in [-0.2, -0.15) is 0 Å². The van der Waals surface area contributed by atoms with E-state index in [1.807, 2.05) is 18.2 Å². The number of ether oxygens (including phenoxy) is 1. The minimum atomic E-state index is -0.621. The van der Waals surface area contributed by atoms with Gasteiger partial charge < -0.3 is 14.7 Å². The molecule has 0 radical (unpaired) electrons. The molecule has 28 heavy (non-hydrogen) atoms. The largest absolute Gasteiger partial charge is 0.495 e. The fraction of sp³-hybridized carbons (Fsp3) is 0.550. The lowest BCUT2D eigenvalue weighted by atomic mass is 10.2. The number of aromatic nitrogens is 2. The Labute approximate surface area is 164 Å².